The zero-order valence-electron chi connectivity index (χ0n) is 11.7. The van der Waals surface area contributed by atoms with E-state index in [0.717, 1.165) is 15.9 Å². The van der Waals surface area contributed by atoms with Gasteiger partial charge in [-0.3, -0.25) is 4.79 Å². The Labute approximate surface area is 137 Å². The van der Waals surface area contributed by atoms with Gasteiger partial charge in [-0.15, -0.1) is 0 Å². The SMILES string of the molecule is O=C(NCCNc1nsc2ccccc12)c1ccc(Cl)cc1. The molecule has 2 N–H and O–H groups in total. The smallest absolute Gasteiger partial charge is 0.251 e. The van der Waals surface area contributed by atoms with Gasteiger partial charge in [0.15, 0.2) is 0 Å². The Kier molecular flexibility index (Phi) is 4.56. The molecular formula is C16H14ClN3OS. The Morgan fingerprint density at radius 1 is 1.09 bits per heavy atom. The van der Waals surface area contributed by atoms with E-state index in [-0.39, 0.29) is 5.91 Å². The first-order chi connectivity index (χ1) is 10.7. The van der Waals surface area contributed by atoms with E-state index in [1.54, 1.807) is 24.3 Å². The molecule has 0 bridgehead atoms. The zero-order chi connectivity index (χ0) is 15.4. The number of hydrogen-bond acceptors (Lipinski definition) is 4. The minimum atomic E-state index is -0.110. The molecule has 0 unspecified atom stereocenters. The average molecular weight is 332 g/mol. The molecule has 1 aromatic heterocycles. The number of amides is 1. The Hall–Kier alpha value is -2.11. The van der Waals surface area contributed by atoms with Crippen molar-refractivity contribution in [1.82, 2.24) is 9.69 Å². The van der Waals surface area contributed by atoms with Gasteiger partial charge < -0.3 is 10.6 Å². The van der Waals surface area contributed by atoms with Crippen LogP contribution in [0.15, 0.2) is 48.5 Å². The van der Waals surface area contributed by atoms with E-state index in [1.165, 1.54) is 11.5 Å². The van der Waals surface area contributed by atoms with Gasteiger partial charge in [-0.05, 0) is 47.9 Å². The molecule has 1 amide bonds. The van der Waals surface area contributed by atoms with E-state index in [0.29, 0.717) is 23.7 Å². The lowest BCUT2D eigenvalue weighted by molar-refractivity contribution is 0.0955. The van der Waals surface area contributed by atoms with Crippen molar-refractivity contribution in [1.29, 1.82) is 0 Å². The maximum absolute atomic E-state index is 11.9. The molecule has 22 heavy (non-hydrogen) atoms. The highest BCUT2D eigenvalue weighted by molar-refractivity contribution is 7.13. The fourth-order valence-corrected chi connectivity index (χ4v) is 2.95. The molecule has 0 spiro atoms. The lowest BCUT2D eigenvalue weighted by atomic mass is 10.2. The number of halogens is 1. The summed E-state index contributed by atoms with van der Waals surface area (Å²) >= 11 is 7.26. The number of carbonyl (C=O) groups excluding carboxylic acids is 1. The van der Waals surface area contributed by atoms with Crippen LogP contribution in [0.5, 0.6) is 0 Å². The van der Waals surface area contributed by atoms with Crippen molar-refractivity contribution in [3.63, 3.8) is 0 Å². The molecule has 0 atom stereocenters. The number of nitrogens with zero attached hydrogens (tertiary/aromatic N) is 1. The summed E-state index contributed by atoms with van der Waals surface area (Å²) in [6.45, 7) is 1.14. The highest BCUT2D eigenvalue weighted by Gasteiger charge is 2.06. The van der Waals surface area contributed by atoms with Gasteiger partial charge in [-0.25, -0.2) is 0 Å². The van der Waals surface area contributed by atoms with Gasteiger partial charge in [-0.1, -0.05) is 23.7 Å². The van der Waals surface area contributed by atoms with Crippen LogP contribution >= 0.6 is 23.1 Å². The first-order valence-electron chi connectivity index (χ1n) is 6.86. The molecule has 6 heteroatoms. The van der Waals surface area contributed by atoms with Crippen LogP contribution in [-0.4, -0.2) is 23.4 Å². The summed E-state index contributed by atoms with van der Waals surface area (Å²) in [6, 6.07) is 14.9. The molecular weight excluding hydrogens is 318 g/mol. The molecule has 0 radical (unpaired) electrons. The fourth-order valence-electron chi connectivity index (χ4n) is 2.07. The maximum Gasteiger partial charge on any atom is 0.251 e. The van der Waals surface area contributed by atoms with Crippen molar-refractivity contribution in [3.05, 3.63) is 59.1 Å². The Bertz CT molecular complexity index is 785. The van der Waals surface area contributed by atoms with Crippen molar-refractivity contribution in [3.8, 4) is 0 Å². The first-order valence-corrected chi connectivity index (χ1v) is 8.01. The topological polar surface area (TPSA) is 54.0 Å². The lowest BCUT2D eigenvalue weighted by Crippen LogP contribution is -2.28. The predicted octanol–water partition coefficient (Wildman–Crippen LogP) is 3.79. The standard InChI is InChI=1S/C16H14ClN3OS/c17-12-7-5-11(6-8-12)16(21)19-10-9-18-15-13-3-1-2-4-14(13)22-20-15/h1-8H,9-10H2,(H,18,20)(H,19,21). The van der Waals surface area contributed by atoms with Crippen LogP contribution in [-0.2, 0) is 0 Å². The van der Waals surface area contributed by atoms with E-state index in [4.69, 9.17) is 11.6 Å². The van der Waals surface area contributed by atoms with E-state index in [1.807, 2.05) is 24.3 Å². The van der Waals surface area contributed by atoms with Gasteiger partial charge in [-0.2, -0.15) is 4.37 Å². The van der Waals surface area contributed by atoms with E-state index in [9.17, 15) is 4.79 Å². The second-order valence-corrected chi connectivity index (χ2v) is 5.96. The Balaban J connectivity index is 1.51. The quantitative estimate of drug-likeness (QED) is 0.699. The molecule has 2 aromatic carbocycles. The Morgan fingerprint density at radius 3 is 2.68 bits per heavy atom. The van der Waals surface area contributed by atoms with Gasteiger partial charge >= 0.3 is 0 Å². The highest BCUT2D eigenvalue weighted by Crippen LogP contribution is 2.25. The summed E-state index contributed by atoms with van der Waals surface area (Å²) in [5, 5.41) is 7.83. The summed E-state index contributed by atoms with van der Waals surface area (Å²) in [7, 11) is 0. The number of aromatic nitrogens is 1. The Morgan fingerprint density at radius 2 is 1.86 bits per heavy atom. The fraction of sp³-hybridized carbons (Fsp3) is 0.125. The summed E-state index contributed by atoms with van der Waals surface area (Å²) in [6.07, 6.45) is 0. The number of carbonyl (C=O) groups is 1. The molecule has 0 saturated heterocycles. The molecule has 112 valence electrons. The van der Waals surface area contributed by atoms with Crippen LogP contribution < -0.4 is 10.6 Å². The van der Waals surface area contributed by atoms with Crippen molar-refractivity contribution >= 4 is 44.9 Å². The number of nitrogens with one attached hydrogen (secondary N) is 2. The molecule has 0 aliphatic heterocycles. The van der Waals surface area contributed by atoms with Crippen LogP contribution in [0, 0.1) is 0 Å². The minimum absolute atomic E-state index is 0.110. The second kappa shape index (κ2) is 6.77. The van der Waals surface area contributed by atoms with Gasteiger partial charge in [0.05, 0.1) is 4.70 Å². The van der Waals surface area contributed by atoms with Crippen LogP contribution in [0.3, 0.4) is 0 Å². The van der Waals surface area contributed by atoms with Gasteiger partial charge in [0.25, 0.3) is 5.91 Å². The monoisotopic (exact) mass is 331 g/mol. The van der Waals surface area contributed by atoms with Crippen molar-refractivity contribution in [2.24, 2.45) is 0 Å². The maximum atomic E-state index is 11.9. The summed E-state index contributed by atoms with van der Waals surface area (Å²) in [4.78, 5) is 11.9. The van der Waals surface area contributed by atoms with Crippen LogP contribution in [0.25, 0.3) is 10.1 Å². The summed E-state index contributed by atoms with van der Waals surface area (Å²) in [5.74, 6) is 0.753. The molecule has 3 rings (SSSR count). The summed E-state index contributed by atoms with van der Waals surface area (Å²) in [5.41, 5.74) is 0.600. The van der Waals surface area contributed by atoms with E-state index < -0.39 is 0 Å². The number of anilines is 1. The molecule has 4 nitrogen and oxygen atoms in total. The molecule has 1 heterocycles. The van der Waals surface area contributed by atoms with E-state index in [2.05, 4.69) is 15.0 Å². The van der Waals surface area contributed by atoms with Gasteiger partial charge in [0, 0.05) is 29.1 Å². The van der Waals surface area contributed by atoms with Crippen molar-refractivity contribution in [2.75, 3.05) is 18.4 Å². The minimum Gasteiger partial charge on any atom is -0.367 e. The third kappa shape index (κ3) is 3.37. The van der Waals surface area contributed by atoms with Crippen molar-refractivity contribution < 1.29 is 4.79 Å². The van der Waals surface area contributed by atoms with Crippen LogP contribution in [0.4, 0.5) is 5.82 Å². The molecule has 0 aliphatic rings. The van der Waals surface area contributed by atoms with Crippen LogP contribution in [0.2, 0.25) is 5.02 Å². The largest absolute Gasteiger partial charge is 0.367 e. The number of hydrogen-bond donors (Lipinski definition) is 2. The van der Waals surface area contributed by atoms with Gasteiger partial charge in [0.1, 0.15) is 5.82 Å². The zero-order valence-corrected chi connectivity index (χ0v) is 13.2. The highest BCUT2D eigenvalue weighted by atomic mass is 35.5. The van der Waals surface area contributed by atoms with Crippen LogP contribution in [0.1, 0.15) is 10.4 Å². The summed E-state index contributed by atoms with van der Waals surface area (Å²) < 4.78 is 5.53. The number of benzene rings is 2. The predicted molar refractivity (Wildman–Crippen MR) is 91.9 cm³/mol. The second-order valence-electron chi connectivity index (χ2n) is 4.72. The van der Waals surface area contributed by atoms with Gasteiger partial charge in [0.2, 0.25) is 0 Å². The molecule has 0 fully saturated rings. The average Bonchev–Trinajstić information content (AvgIpc) is 2.95. The number of fused-ring (bicyclic) bond motifs is 1. The normalized spacial score (nSPS) is 10.6. The number of rotatable bonds is 5. The third-order valence-corrected chi connectivity index (χ3v) is 4.27. The molecule has 3 aromatic rings. The molecule has 0 saturated carbocycles. The third-order valence-electron chi connectivity index (χ3n) is 3.19. The lowest BCUT2D eigenvalue weighted by Gasteiger charge is -2.06. The van der Waals surface area contributed by atoms with E-state index >= 15 is 0 Å². The molecule has 0 aliphatic carbocycles. The van der Waals surface area contributed by atoms with Crippen molar-refractivity contribution in [2.45, 2.75) is 0 Å². The first kappa shape index (κ1) is 14.8.